The first kappa shape index (κ1) is 15.7. The topological polar surface area (TPSA) is 47.8 Å². The van der Waals surface area contributed by atoms with Gasteiger partial charge in [-0.15, -0.1) is 16.7 Å². The molecule has 0 saturated heterocycles. The average molecular weight is 328 g/mol. The van der Waals surface area contributed by atoms with Crippen molar-refractivity contribution in [2.75, 3.05) is 0 Å². The number of nitrogens with zero attached hydrogens (tertiary/aromatic N) is 3. The van der Waals surface area contributed by atoms with E-state index in [1.54, 1.807) is 11.6 Å². The Morgan fingerprint density at radius 3 is 2.74 bits per heavy atom. The lowest BCUT2D eigenvalue weighted by Crippen LogP contribution is -2.07. The third kappa shape index (κ3) is 3.27. The quantitative estimate of drug-likeness (QED) is 0.669. The number of fused-ring (bicyclic) bond motifs is 1. The Balaban J connectivity index is 2.07. The third-order valence-electron chi connectivity index (χ3n) is 4.04. The number of Topliss-reactive ketones (excluding diaryl/α,β-unsaturated/α-hetero) is 1. The van der Waals surface area contributed by atoms with Crippen LogP contribution in [0.25, 0.3) is 11.0 Å². The summed E-state index contributed by atoms with van der Waals surface area (Å²) in [6, 6.07) is 14.2. The van der Waals surface area contributed by atoms with Crippen molar-refractivity contribution in [1.82, 2.24) is 15.0 Å². The average Bonchev–Trinajstić information content (AvgIpc) is 2.93. The maximum Gasteiger partial charge on any atom is 0.130 e. The Bertz CT molecular complexity index is 856. The van der Waals surface area contributed by atoms with E-state index in [1.165, 1.54) is 0 Å². The summed E-state index contributed by atoms with van der Waals surface area (Å²) in [5.74, 6) is 0.622. The molecule has 4 nitrogen and oxygen atoms in total. The predicted octanol–water partition coefficient (Wildman–Crippen LogP) is 3.82. The van der Waals surface area contributed by atoms with Crippen LogP contribution in [0.1, 0.15) is 36.0 Å². The molecular weight excluding hydrogens is 310 g/mol. The molecule has 0 spiro atoms. The highest BCUT2D eigenvalue weighted by atomic mass is 35.5. The van der Waals surface area contributed by atoms with Gasteiger partial charge in [-0.2, -0.15) is 0 Å². The van der Waals surface area contributed by atoms with Crippen molar-refractivity contribution < 1.29 is 4.79 Å². The molecule has 1 aromatic heterocycles. The molecule has 5 heteroatoms. The van der Waals surface area contributed by atoms with E-state index in [0.717, 1.165) is 27.7 Å². The fraction of sp³-hybridized carbons (Fsp3) is 0.278. The highest BCUT2D eigenvalue weighted by Crippen LogP contribution is 2.30. The lowest BCUT2D eigenvalue weighted by molar-refractivity contribution is -0.117. The van der Waals surface area contributed by atoms with Gasteiger partial charge in [0.05, 0.1) is 5.52 Å². The van der Waals surface area contributed by atoms with Crippen LogP contribution in [0, 0.1) is 0 Å². The van der Waals surface area contributed by atoms with Crippen molar-refractivity contribution in [1.29, 1.82) is 0 Å². The van der Waals surface area contributed by atoms with Gasteiger partial charge in [0, 0.05) is 25.3 Å². The van der Waals surface area contributed by atoms with E-state index in [4.69, 9.17) is 11.6 Å². The number of aryl methyl sites for hydroxylation is 1. The fourth-order valence-electron chi connectivity index (χ4n) is 2.88. The lowest BCUT2D eigenvalue weighted by atomic mass is 9.86. The van der Waals surface area contributed by atoms with Crippen LogP contribution < -0.4 is 0 Å². The zero-order chi connectivity index (χ0) is 16.4. The molecule has 0 saturated carbocycles. The number of hydrogen-bond acceptors (Lipinski definition) is 3. The number of rotatable bonds is 5. The molecule has 0 aliphatic rings. The monoisotopic (exact) mass is 327 g/mol. The van der Waals surface area contributed by atoms with Crippen LogP contribution in [-0.2, 0) is 17.7 Å². The van der Waals surface area contributed by atoms with Gasteiger partial charge in [0.2, 0.25) is 0 Å². The summed E-state index contributed by atoms with van der Waals surface area (Å²) in [6.07, 6.45) is 0.456. The molecule has 0 radical (unpaired) electrons. The smallest absolute Gasteiger partial charge is 0.130 e. The Hall–Kier alpha value is -2.20. The second-order valence-corrected chi connectivity index (χ2v) is 6.07. The first-order valence-corrected chi connectivity index (χ1v) is 8.05. The van der Waals surface area contributed by atoms with Gasteiger partial charge in [-0.1, -0.05) is 35.5 Å². The van der Waals surface area contributed by atoms with Gasteiger partial charge >= 0.3 is 0 Å². The van der Waals surface area contributed by atoms with E-state index in [0.29, 0.717) is 12.3 Å². The molecule has 0 aliphatic carbocycles. The number of aromatic nitrogens is 3. The Morgan fingerprint density at radius 1 is 1.22 bits per heavy atom. The van der Waals surface area contributed by atoms with Gasteiger partial charge in [0.15, 0.2) is 0 Å². The van der Waals surface area contributed by atoms with Crippen molar-refractivity contribution in [3.8, 4) is 0 Å². The molecular formula is C18H18ClN3O. The van der Waals surface area contributed by atoms with Gasteiger partial charge in [0.1, 0.15) is 11.3 Å². The molecule has 0 N–H and O–H groups in total. The fourth-order valence-corrected chi connectivity index (χ4v) is 3.05. The van der Waals surface area contributed by atoms with E-state index in [9.17, 15) is 4.79 Å². The van der Waals surface area contributed by atoms with E-state index >= 15 is 0 Å². The molecule has 3 aromatic rings. The van der Waals surface area contributed by atoms with Crippen LogP contribution in [0.2, 0.25) is 0 Å². The molecule has 3 rings (SSSR count). The van der Waals surface area contributed by atoms with E-state index in [2.05, 4.69) is 16.4 Å². The van der Waals surface area contributed by atoms with Gasteiger partial charge in [-0.05, 0) is 35.7 Å². The summed E-state index contributed by atoms with van der Waals surface area (Å²) < 4.78 is 1.74. The molecule has 0 aliphatic heterocycles. The van der Waals surface area contributed by atoms with Crippen LogP contribution in [0.4, 0.5) is 0 Å². The molecule has 2 aromatic carbocycles. The molecule has 1 unspecified atom stereocenters. The second kappa shape index (κ2) is 6.50. The highest BCUT2D eigenvalue weighted by Gasteiger charge is 2.18. The van der Waals surface area contributed by atoms with E-state index in [-0.39, 0.29) is 11.7 Å². The number of benzene rings is 2. The zero-order valence-corrected chi connectivity index (χ0v) is 13.9. The molecule has 0 fully saturated rings. The third-order valence-corrected chi connectivity index (χ3v) is 4.34. The minimum absolute atomic E-state index is 0.00192. The number of carbonyl (C=O) groups excluding carboxylic acids is 1. The summed E-state index contributed by atoms with van der Waals surface area (Å²) in [5, 5.41) is 8.21. The van der Waals surface area contributed by atoms with Crippen molar-refractivity contribution in [2.24, 2.45) is 7.05 Å². The number of halogens is 1. The zero-order valence-electron chi connectivity index (χ0n) is 13.2. The molecule has 1 atom stereocenters. The molecule has 23 heavy (non-hydrogen) atoms. The predicted molar refractivity (Wildman–Crippen MR) is 91.6 cm³/mol. The largest absolute Gasteiger partial charge is 0.300 e. The van der Waals surface area contributed by atoms with Gasteiger partial charge in [0.25, 0.3) is 0 Å². The van der Waals surface area contributed by atoms with Crippen LogP contribution in [0.5, 0.6) is 0 Å². The summed E-state index contributed by atoms with van der Waals surface area (Å²) in [7, 11) is 1.87. The summed E-state index contributed by atoms with van der Waals surface area (Å²) in [6.45, 7) is 1.62. The SMILES string of the molecule is CC(=O)CC(c1cccc(CCl)c1)c1ccc2c(c1)nnn2C. The van der Waals surface area contributed by atoms with Crippen LogP contribution in [0.3, 0.4) is 0 Å². The van der Waals surface area contributed by atoms with Crippen molar-refractivity contribution >= 4 is 28.4 Å². The van der Waals surface area contributed by atoms with Gasteiger partial charge in [-0.25, -0.2) is 4.68 Å². The number of hydrogen-bond donors (Lipinski definition) is 0. The van der Waals surface area contributed by atoms with E-state index in [1.807, 2.05) is 43.4 Å². The van der Waals surface area contributed by atoms with Crippen molar-refractivity contribution in [3.05, 3.63) is 59.2 Å². The number of ketones is 1. The van der Waals surface area contributed by atoms with Gasteiger partial charge < -0.3 is 0 Å². The molecule has 0 bridgehead atoms. The molecule has 118 valence electrons. The number of alkyl halides is 1. The van der Waals surface area contributed by atoms with E-state index < -0.39 is 0 Å². The summed E-state index contributed by atoms with van der Waals surface area (Å²) >= 11 is 5.95. The minimum Gasteiger partial charge on any atom is -0.300 e. The normalized spacial score (nSPS) is 12.5. The second-order valence-electron chi connectivity index (χ2n) is 5.80. The highest BCUT2D eigenvalue weighted by molar-refractivity contribution is 6.17. The maximum atomic E-state index is 11.8. The Morgan fingerprint density at radius 2 is 2.00 bits per heavy atom. The van der Waals surface area contributed by atoms with Crippen molar-refractivity contribution in [2.45, 2.75) is 25.1 Å². The van der Waals surface area contributed by atoms with Crippen LogP contribution >= 0.6 is 11.6 Å². The standard InChI is InChI=1S/C18H18ClN3O/c1-12(23)8-16(14-5-3-4-13(9-14)11-19)15-6-7-18-17(10-15)20-21-22(18)2/h3-7,9-10,16H,8,11H2,1-2H3. The summed E-state index contributed by atoms with van der Waals surface area (Å²) in [4.78, 5) is 11.8. The molecule has 0 amide bonds. The summed E-state index contributed by atoms with van der Waals surface area (Å²) in [5.41, 5.74) is 5.04. The lowest BCUT2D eigenvalue weighted by Gasteiger charge is -2.17. The van der Waals surface area contributed by atoms with Crippen molar-refractivity contribution in [3.63, 3.8) is 0 Å². The molecule has 1 heterocycles. The maximum absolute atomic E-state index is 11.8. The minimum atomic E-state index is 0.00192. The number of carbonyl (C=O) groups is 1. The van der Waals surface area contributed by atoms with Gasteiger partial charge in [-0.3, -0.25) is 4.79 Å². The first-order valence-electron chi connectivity index (χ1n) is 7.52. The Labute approximate surface area is 140 Å². The Kier molecular flexibility index (Phi) is 4.44. The first-order chi connectivity index (χ1) is 11.1. The van der Waals surface area contributed by atoms with Crippen LogP contribution in [-0.4, -0.2) is 20.8 Å². The van der Waals surface area contributed by atoms with Crippen LogP contribution in [0.15, 0.2) is 42.5 Å².